The molecule has 8 nitrogen and oxygen atoms in total. The van der Waals surface area contributed by atoms with Gasteiger partial charge in [0.1, 0.15) is 11.9 Å². The summed E-state index contributed by atoms with van der Waals surface area (Å²) >= 11 is 0. The van der Waals surface area contributed by atoms with E-state index in [1.165, 1.54) is 4.31 Å². The number of nitrogens with one attached hydrogen (secondary N) is 1. The van der Waals surface area contributed by atoms with Crippen molar-refractivity contribution in [1.29, 1.82) is 5.41 Å². The van der Waals surface area contributed by atoms with E-state index < -0.39 is 15.9 Å². The smallest absolute Gasteiger partial charge is 0.248 e. The largest absolute Gasteiger partial charge is 0.490 e. The molecule has 0 saturated carbocycles. The van der Waals surface area contributed by atoms with Crippen molar-refractivity contribution in [2.24, 2.45) is 5.73 Å². The molecular formula is C27H30N4O4S. The molecule has 0 aliphatic carbocycles. The van der Waals surface area contributed by atoms with E-state index in [1.807, 2.05) is 42.5 Å². The number of sulfonamides is 1. The second-order valence-electron chi connectivity index (χ2n) is 9.51. The summed E-state index contributed by atoms with van der Waals surface area (Å²) in [7, 11) is -3.47. The standard InChI is InChI=1S/C27H30N4O4S/c1-18(28)30-11-8-24(9-12-30)35-25-6-7-26-21(16-25)10-13-36(33,34)31(26)17-19-2-3-20-4-5-22(27(29)32)15-23(20)14-19/h2-7,14-16,24,28H,8-13,17H2,1H3,(H2,29,32). The van der Waals surface area contributed by atoms with Crippen LogP contribution in [0.3, 0.4) is 0 Å². The highest BCUT2D eigenvalue weighted by atomic mass is 32.2. The van der Waals surface area contributed by atoms with Crippen LogP contribution in [0.1, 0.15) is 41.3 Å². The monoisotopic (exact) mass is 506 g/mol. The minimum Gasteiger partial charge on any atom is -0.490 e. The average Bonchev–Trinajstić information content (AvgIpc) is 2.85. The zero-order valence-corrected chi connectivity index (χ0v) is 21.1. The predicted octanol–water partition coefficient (Wildman–Crippen LogP) is 3.67. The molecule has 2 aliphatic heterocycles. The van der Waals surface area contributed by atoms with Crippen LogP contribution < -0.4 is 14.8 Å². The highest BCUT2D eigenvalue weighted by Crippen LogP contribution is 2.35. The minimum atomic E-state index is -3.47. The maximum atomic E-state index is 13.1. The fourth-order valence-electron chi connectivity index (χ4n) is 4.98. The van der Waals surface area contributed by atoms with Crippen molar-refractivity contribution in [3.05, 3.63) is 71.3 Å². The number of likely N-dealkylation sites (tertiary alicyclic amines) is 1. The number of carbonyl (C=O) groups excluding carboxylic acids is 1. The van der Waals surface area contributed by atoms with Crippen LogP contribution in [0.5, 0.6) is 5.75 Å². The van der Waals surface area contributed by atoms with Crippen molar-refractivity contribution in [3.8, 4) is 5.75 Å². The second-order valence-corrected chi connectivity index (χ2v) is 11.5. The molecule has 188 valence electrons. The van der Waals surface area contributed by atoms with E-state index in [-0.39, 0.29) is 18.4 Å². The van der Waals surface area contributed by atoms with Gasteiger partial charge in [0.2, 0.25) is 15.9 Å². The molecule has 5 rings (SSSR count). The molecule has 1 saturated heterocycles. The fourth-order valence-corrected chi connectivity index (χ4v) is 6.50. The number of carbonyl (C=O) groups is 1. The van der Waals surface area contributed by atoms with Gasteiger partial charge in [-0.05, 0) is 71.6 Å². The number of fused-ring (bicyclic) bond motifs is 2. The van der Waals surface area contributed by atoms with Crippen LogP contribution in [0.25, 0.3) is 10.8 Å². The van der Waals surface area contributed by atoms with Crippen molar-refractivity contribution in [1.82, 2.24) is 4.90 Å². The van der Waals surface area contributed by atoms with Gasteiger partial charge in [-0.15, -0.1) is 0 Å². The van der Waals surface area contributed by atoms with Gasteiger partial charge in [-0.25, -0.2) is 8.42 Å². The number of nitrogens with zero attached hydrogens (tertiary/aromatic N) is 2. The van der Waals surface area contributed by atoms with Gasteiger partial charge in [-0.2, -0.15) is 0 Å². The molecule has 36 heavy (non-hydrogen) atoms. The van der Waals surface area contributed by atoms with E-state index in [4.69, 9.17) is 15.9 Å². The summed E-state index contributed by atoms with van der Waals surface area (Å²) in [5.41, 5.74) is 8.29. The van der Waals surface area contributed by atoms with E-state index in [0.29, 0.717) is 23.5 Å². The molecule has 0 atom stereocenters. The number of primary amides is 1. The number of aryl methyl sites for hydroxylation is 1. The third-order valence-corrected chi connectivity index (χ3v) is 8.74. The van der Waals surface area contributed by atoms with Crippen molar-refractivity contribution in [2.75, 3.05) is 23.1 Å². The molecule has 9 heteroatoms. The number of hydrogen-bond acceptors (Lipinski definition) is 5. The van der Waals surface area contributed by atoms with Crippen LogP contribution in [0, 0.1) is 5.41 Å². The highest BCUT2D eigenvalue weighted by Gasteiger charge is 2.30. The Morgan fingerprint density at radius 3 is 2.53 bits per heavy atom. The first-order valence-electron chi connectivity index (χ1n) is 12.1. The Morgan fingerprint density at radius 2 is 1.81 bits per heavy atom. The first-order chi connectivity index (χ1) is 17.2. The van der Waals surface area contributed by atoms with Crippen molar-refractivity contribution < 1.29 is 17.9 Å². The first-order valence-corrected chi connectivity index (χ1v) is 13.7. The third kappa shape index (κ3) is 4.88. The van der Waals surface area contributed by atoms with E-state index in [0.717, 1.165) is 53.6 Å². The Bertz CT molecular complexity index is 1450. The summed E-state index contributed by atoms with van der Waals surface area (Å²) in [4.78, 5) is 13.6. The zero-order valence-electron chi connectivity index (χ0n) is 20.2. The van der Waals surface area contributed by atoms with Gasteiger partial charge in [-0.3, -0.25) is 14.5 Å². The molecule has 3 aromatic rings. The molecular weight excluding hydrogens is 476 g/mol. The van der Waals surface area contributed by atoms with Crippen LogP contribution in [0.4, 0.5) is 5.69 Å². The molecule has 0 aromatic heterocycles. The Kier molecular flexibility index (Phi) is 6.34. The molecule has 3 aromatic carbocycles. The maximum absolute atomic E-state index is 13.1. The summed E-state index contributed by atoms with van der Waals surface area (Å²) in [5.74, 6) is 0.883. The lowest BCUT2D eigenvalue weighted by Gasteiger charge is -2.34. The fraction of sp³-hybridized carbons (Fsp3) is 0.333. The number of amidine groups is 1. The molecule has 1 amide bonds. The number of rotatable bonds is 5. The topological polar surface area (TPSA) is 117 Å². The number of benzene rings is 3. The number of anilines is 1. The summed E-state index contributed by atoms with van der Waals surface area (Å²) in [6.07, 6.45) is 2.24. The van der Waals surface area contributed by atoms with Crippen LogP contribution in [0.15, 0.2) is 54.6 Å². The minimum absolute atomic E-state index is 0.0415. The first kappa shape index (κ1) is 24.1. The normalized spacial score (nSPS) is 17.6. The van der Waals surface area contributed by atoms with Gasteiger partial charge >= 0.3 is 0 Å². The van der Waals surface area contributed by atoms with Crippen LogP contribution >= 0.6 is 0 Å². The Balaban J connectivity index is 1.37. The number of ether oxygens (including phenoxy) is 1. The Morgan fingerprint density at radius 1 is 1.06 bits per heavy atom. The molecule has 1 fully saturated rings. The van der Waals surface area contributed by atoms with Gasteiger partial charge in [0.25, 0.3) is 0 Å². The summed E-state index contributed by atoms with van der Waals surface area (Å²) in [6, 6.07) is 16.7. The average molecular weight is 507 g/mol. The number of amides is 1. The van der Waals surface area contributed by atoms with E-state index >= 15 is 0 Å². The van der Waals surface area contributed by atoms with Gasteiger partial charge in [0.15, 0.2) is 0 Å². The van der Waals surface area contributed by atoms with Gasteiger partial charge in [0, 0.05) is 31.5 Å². The Hall–Kier alpha value is -3.59. The molecule has 3 N–H and O–H groups in total. The van der Waals surface area contributed by atoms with Crippen molar-refractivity contribution in [3.63, 3.8) is 0 Å². The Labute approximate surface area is 211 Å². The highest BCUT2D eigenvalue weighted by molar-refractivity contribution is 7.92. The van der Waals surface area contributed by atoms with Crippen LogP contribution in [-0.4, -0.2) is 50.0 Å². The SMILES string of the molecule is CC(=N)N1CCC(Oc2ccc3c(c2)CCS(=O)(=O)N3Cc2ccc3ccc(C(N)=O)cc3c2)CC1. The van der Waals surface area contributed by atoms with Crippen molar-refractivity contribution >= 4 is 38.2 Å². The third-order valence-electron chi connectivity index (χ3n) is 7.02. The van der Waals surface area contributed by atoms with Gasteiger partial charge in [-0.1, -0.05) is 18.2 Å². The molecule has 0 radical (unpaired) electrons. The summed E-state index contributed by atoms with van der Waals surface area (Å²) in [5, 5.41) is 9.58. The molecule has 0 bridgehead atoms. The zero-order chi connectivity index (χ0) is 25.4. The van der Waals surface area contributed by atoms with E-state index in [1.54, 1.807) is 19.1 Å². The number of nitrogens with two attached hydrogens (primary N) is 1. The summed E-state index contributed by atoms with van der Waals surface area (Å²) in [6.45, 7) is 3.63. The predicted molar refractivity (Wildman–Crippen MR) is 141 cm³/mol. The van der Waals surface area contributed by atoms with E-state index in [9.17, 15) is 13.2 Å². The van der Waals surface area contributed by atoms with Gasteiger partial charge < -0.3 is 15.4 Å². The van der Waals surface area contributed by atoms with Crippen LogP contribution in [-0.2, 0) is 23.0 Å². The molecule has 0 spiro atoms. The van der Waals surface area contributed by atoms with E-state index in [2.05, 4.69) is 4.90 Å². The lowest BCUT2D eigenvalue weighted by molar-refractivity contribution is 0.100. The molecule has 2 heterocycles. The molecule has 0 unspecified atom stereocenters. The molecule has 2 aliphatic rings. The lowest BCUT2D eigenvalue weighted by atomic mass is 10.0. The second kappa shape index (κ2) is 9.46. The number of piperidine rings is 1. The summed E-state index contributed by atoms with van der Waals surface area (Å²) < 4.78 is 33.8. The number of hydrogen-bond donors (Lipinski definition) is 2. The maximum Gasteiger partial charge on any atom is 0.248 e. The van der Waals surface area contributed by atoms with Crippen LogP contribution in [0.2, 0.25) is 0 Å². The quantitative estimate of drug-likeness (QED) is 0.405. The lowest BCUT2D eigenvalue weighted by Crippen LogP contribution is -2.40. The van der Waals surface area contributed by atoms with Crippen molar-refractivity contribution in [2.45, 2.75) is 38.8 Å². The van der Waals surface area contributed by atoms with Gasteiger partial charge in [0.05, 0.1) is 23.8 Å².